The highest BCUT2D eigenvalue weighted by Gasteiger charge is 2.38. The van der Waals surface area contributed by atoms with Crippen molar-refractivity contribution in [1.29, 1.82) is 0 Å². The summed E-state index contributed by atoms with van der Waals surface area (Å²) in [7, 11) is -4.16. The minimum atomic E-state index is -4.16. The molecule has 0 aliphatic carbocycles. The number of benzene rings is 3. The molecule has 3 nitrogen and oxygen atoms in total. The predicted octanol–water partition coefficient (Wildman–Crippen LogP) is 3.76. The van der Waals surface area contributed by atoms with Crippen molar-refractivity contribution in [3.63, 3.8) is 0 Å². The summed E-state index contributed by atoms with van der Waals surface area (Å²) in [6.07, 6.45) is 1.80. The Bertz CT molecular complexity index is 1080. The van der Waals surface area contributed by atoms with Crippen LogP contribution in [0.2, 0.25) is 15.1 Å². The zero-order valence-electron chi connectivity index (χ0n) is 16.3. The highest BCUT2D eigenvalue weighted by Crippen LogP contribution is 2.31. The minimum absolute atomic E-state index is 0.0251. The van der Waals surface area contributed by atoms with Crippen LogP contribution in [0.5, 0.6) is 0 Å². The van der Waals surface area contributed by atoms with E-state index in [0.717, 1.165) is 20.0 Å². The van der Waals surface area contributed by atoms with Crippen molar-refractivity contribution in [2.75, 3.05) is 0 Å². The van der Waals surface area contributed by atoms with E-state index >= 15 is 0 Å². The molecule has 159 valence electrons. The van der Waals surface area contributed by atoms with Gasteiger partial charge < -0.3 is 0 Å². The minimum Gasteiger partial charge on any atom is -0.190 e. The zero-order valence-corrected chi connectivity index (χ0v) is 21.6. The van der Waals surface area contributed by atoms with Gasteiger partial charge in [0.1, 0.15) is 4.90 Å². The maximum absolute atomic E-state index is 13.2. The van der Waals surface area contributed by atoms with Crippen LogP contribution in [0.3, 0.4) is 0 Å². The Morgan fingerprint density at radius 1 is 0.733 bits per heavy atom. The second-order valence-electron chi connectivity index (χ2n) is 6.42. The van der Waals surface area contributed by atoms with Crippen LogP contribution in [0.1, 0.15) is 25.0 Å². The van der Waals surface area contributed by atoms with Gasteiger partial charge in [0.15, 0.2) is 7.14 Å². The number of aryl methyl sites for hydroxylation is 2. The van der Waals surface area contributed by atoms with Crippen LogP contribution in [0.15, 0.2) is 65.6 Å². The Hall–Kier alpha value is -0.830. The van der Waals surface area contributed by atoms with E-state index in [4.69, 9.17) is 37.3 Å². The SMILES string of the molecule is CCc1ccc([I+](OS(=O)(=O)c2cc(Cl)c(Cl)cc2Cl)c2ccc(CC)cc2)cc1. The van der Waals surface area contributed by atoms with Crippen molar-refractivity contribution in [3.05, 3.63) is 94.0 Å². The molecule has 0 saturated carbocycles. The van der Waals surface area contributed by atoms with Crippen LogP contribution in [0.4, 0.5) is 0 Å². The van der Waals surface area contributed by atoms with Gasteiger partial charge in [-0.15, -0.1) is 0 Å². The van der Waals surface area contributed by atoms with E-state index in [1.165, 1.54) is 23.3 Å². The van der Waals surface area contributed by atoms with E-state index in [-0.39, 0.29) is 20.0 Å². The molecule has 0 spiro atoms. The van der Waals surface area contributed by atoms with E-state index in [1.807, 2.05) is 48.5 Å². The molecule has 8 heteroatoms. The Morgan fingerprint density at radius 2 is 1.17 bits per heavy atom. The quantitative estimate of drug-likeness (QED) is 0.308. The molecule has 0 aliphatic heterocycles. The Kier molecular flexibility index (Phi) is 8.09. The number of halogens is 4. The average molecular weight is 598 g/mol. The van der Waals surface area contributed by atoms with Gasteiger partial charge in [-0.25, -0.2) is 0 Å². The van der Waals surface area contributed by atoms with Gasteiger partial charge in [-0.3, -0.25) is 0 Å². The first-order valence-corrected chi connectivity index (χ1v) is 14.8. The first-order valence-electron chi connectivity index (χ1n) is 9.22. The summed E-state index contributed by atoms with van der Waals surface area (Å²) < 4.78 is 33.9. The normalized spacial score (nSPS) is 11.8. The highest BCUT2D eigenvalue weighted by molar-refractivity contribution is 7.86. The molecule has 0 amide bonds. The molecule has 30 heavy (non-hydrogen) atoms. The van der Waals surface area contributed by atoms with Crippen LogP contribution < -0.4 is 20.2 Å². The van der Waals surface area contributed by atoms with Crippen molar-refractivity contribution in [1.82, 2.24) is 0 Å². The molecular weight excluding hydrogens is 578 g/mol. The highest BCUT2D eigenvalue weighted by atomic mass is 127. The molecule has 3 aromatic rings. The summed E-state index contributed by atoms with van der Waals surface area (Å²) in [6.45, 7) is 4.14. The van der Waals surface area contributed by atoms with Gasteiger partial charge in [0.25, 0.3) is 0 Å². The van der Waals surface area contributed by atoms with Crippen molar-refractivity contribution in [2.45, 2.75) is 31.6 Å². The maximum Gasteiger partial charge on any atom is 0.337 e. The number of rotatable bonds is 7. The van der Waals surface area contributed by atoms with Gasteiger partial charge in [-0.05, 0) is 62.9 Å². The van der Waals surface area contributed by atoms with Crippen LogP contribution in [-0.2, 0) is 25.5 Å². The van der Waals surface area contributed by atoms with Gasteiger partial charge in [0.05, 0.1) is 15.1 Å². The summed E-state index contributed by atoms with van der Waals surface area (Å²) >= 11 is 15.3. The number of hydrogen-bond donors (Lipinski definition) is 0. The summed E-state index contributed by atoms with van der Waals surface area (Å²) in [4.78, 5) is -0.184. The second kappa shape index (κ2) is 10.2. The molecule has 0 unspecified atom stereocenters. The average Bonchev–Trinajstić information content (AvgIpc) is 2.74. The monoisotopic (exact) mass is 596 g/mol. The molecular formula is C22H20Cl3IO3S+. The fraction of sp³-hybridized carbons (Fsp3) is 0.182. The van der Waals surface area contributed by atoms with Crippen molar-refractivity contribution in [2.24, 2.45) is 0 Å². The molecule has 3 aromatic carbocycles. The second-order valence-corrected chi connectivity index (χ2v) is 14.1. The third-order valence-corrected chi connectivity index (χ3v) is 12.9. The van der Waals surface area contributed by atoms with Gasteiger partial charge in [0.2, 0.25) is 0 Å². The molecule has 3 rings (SSSR count). The molecule has 0 fully saturated rings. The molecule has 0 saturated heterocycles. The van der Waals surface area contributed by atoms with E-state index in [2.05, 4.69) is 13.8 Å². The first-order chi connectivity index (χ1) is 14.2. The summed E-state index contributed by atoms with van der Waals surface area (Å²) in [6, 6.07) is 18.3. The summed E-state index contributed by atoms with van der Waals surface area (Å²) in [5, 5.41) is 0.257. The first kappa shape index (κ1) is 23.8. The molecule has 0 heterocycles. The Labute approximate surface area is 200 Å². The fourth-order valence-electron chi connectivity index (χ4n) is 2.68. The van der Waals surface area contributed by atoms with Gasteiger partial charge in [-0.1, -0.05) is 72.9 Å². The summed E-state index contributed by atoms with van der Waals surface area (Å²) in [5.74, 6) is 0. The molecule has 0 N–H and O–H groups in total. The standard InChI is InChI=1S/C22H20Cl3IO3S/c1-3-15-5-9-17(10-6-15)26(18-11-7-16(4-2)8-12-18)29-30(27,28)22-14-20(24)19(23)13-21(22)25/h5-14H,3-4H2,1-2H3/q+1. The van der Waals surface area contributed by atoms with E-state index in [1.54, 1.807) is 0 Å². The lowest BCUT2D eigenvalue weighted by Crippen LogP contribution is -3.85. The van der Waals surface area contributed by atoms with Crippen LogP contribution in [0, 0.1) is 7.14 Å². The third kappa shape index (κ3) is 5.50. The van der Waals surface area contributed by atoms with E-state index < -0.39 is 30.4 Å². The van der Waals surface area contributed by atoms with Gasteiger partial charge in [0, 0.05) is 0 Å². The fourth-order valence-corrected chi connectivity index (χ4v) is 10.5. The van der Waals surface area contributed by atoms with Crippen LogP contribution >= 0.6 is 34.8 Å². The molecule has 0 aliphatic rings. The largest absolute Gasteiger partial charge is 0.337 e. The van der Waals surface area contributed by atoms with E-state index in [0.29, 0.717) is 0 Å². The Balaban J connectivity index is 2.06. The lowest BCUT2D eigenvalue weighted by molar-refractivity contribution is -1.03. The third-order valence-electron chi connectivity index (χ3n) is 4.43. The molecule has 0 aromatic heterocycles. The van der Waals surface area contributed by atoms with Crippen molar-refractivity contribution >= 4 is 44.9 Å². The van der Waals surface area contributed by atoms with Crippen LogP contribution in [0.25, 0.3) is 0 Å². The summed E-state index contributed by atoms with van der Waals surface area (Å²) in [5.41, 5.74) is 2.34. The molecule has 1 radical (unpaired) electrons. The van der Waals surface area contributed by atoms with E-state index in [9.17, 15) is 8.42 Å². The number of hydrogen-bond acceptors (Lipinski definition) is 3. The van der Waals surface area contributed by atoms with Crippen molar-refractivity contribution in [3.8, 4) is 0 Å². The Morgan fingerprint density at radius 3 is 1.60 bits per heavy atom. The topological polar surface area (TPSA) is 43.4 Å². The lowest BCUT2D eigenvalue weighted by Gasteiger charge is -2.09. The lowest BCUT2D eigenvalue weighted by atomic mass is 10.2. The predicted molar refractivity (Wildman–Crippen MR) is 119 cm³/mol. The maximum atomic E-state index is 13.2. The zero-order chi connectivity index (χ0) is 21.9. The van der Waals surface area contributed by atoms with Gasteiger partial charge in [-0.2, -0.15) is 8.42 Å². The van der Waals surface area contributed by atoms with Gasteiger partial charge >= 0.3 is 30.4 Å². The van der Waals surface area contributed by atoms with Crippen LogP contribution in [-0.4, -0.2) is 8.42 Å². The molecule has 0 bridgehead atoms. The van der Waals surface area contributed by atoms with Crippen molar-refractivity contribution < 1.29 is 31.2 Å². The molecule has 0 atom stereocenters. The smallest absolute Gasteiger partial charge is 0.190 e.